The summed E-state index contributed by atoms with van der Waals surface area (Å²) in [5.74, 6) is -2.45. The van der Waals surface area contributed by atoms with Crippen LogP contribution in [0.25, 0.3) is 0 Å². The lowest BCUT2D eigenvalue weighted by molar-refractivity contribution is -0.163. The second kappa shape index (κ2) is 6.54. The number of aliphatic hydroxyl groups excluding tert-OH is 1. The van der Waals surface area contributed by atoms with Crippen LogP contribution in [-0.4, -0.2) is 82.8 Å². The Morgan fingerprint density at radius 1 is 1.46 bits per heavy atom. The van der Waals surface area contributed by atoms with Crippen LogP contribution in [0.4, 0.5) is 0 Å². The van der Waals surface area contributed by atoms with Crippen LogP contribution in [0.15, 0.2) is 15.6 Å². The predicted octanol–water partition coefficient (Wildman–Crippen LogP) is -0.455. The molecule has 2 N–H and O–H groups in total. The molecule has 144 valence electrons. The van der Waals surface area contributed by atoms with Gasteiger partial charge in [0.15, 0.2) is 0 Å². The Morgan fingerprint density at radius 2 is 2.12 bits per heavy atom. The summed E-state index contributed by atoms with van der Waals surface area (Å²) in [6.45, 7) is 3.91. The Morgan fingerprint density at radius 3 is 2.65 bits per heavy atom. The Bertz CT molecular complexity index is 806. The average Bonchev–Trinajstić information content (AvgIpc) is 2.76. The van der Waals surface area contributed by atoms with Crippen molar-refractivity contribution in [2.75, 3.05) is 19.3 Å². The van der Waals surface area contributed by atoms with Gasteiger partial charge in [-0.15, -0.1) is 11.8 Å². The maximum Gasteiger partial charge on any atom is 0.353 e. The van der Waals surface area contributed by atoms with Crippen LogP contribution in [0.2, 0.25) is 0 Å². The molecule has 1 amide bonds. The van der Waals surface area contributed by atoms with E-state index in [2.05, 4.69) is 4.99 Å². The number of thioether (sulfide) groups is 1. The maximum absolute atomic E-state index is 12.3. The topological polar surface area (TPSA) is 128 Å². The molecule has 0 aliphatic carbocycles. The third kappa shape index (κ3) is 3.01. The van der Waals surface area contributed by atoms with Gasteiger partial charge in [0, 0.05) is 22.6 Å². The normalized spacial score (nSPS) is 32.5. The summed E-state index contributed by atoms with van der Waals surface area (Å²) in [5.41, 5.74) is -0.0603. The lowest BCUT2D eigenvalue weighted by atomic mass is 9.79. The number of carboxylic acids is 1. The number of hydrogen-bond acceptors (Lipinski definition) is 7. The number of amides is 1. The average molecular weight is 403 g/mol. The predicted molar refractivity (Wildman–Crippen MR) is 95.9 cm³/mol. The van der Waals surface area contributed by atoms with Gasteiger partial charge in [-0.25, -0.2) is 13.2 Å². The molecular formula is C15H21N3O6S2. The number of carboxylic acid groups (broad SMARTS) is 1. The molecule has 11 heteroatoms. The van der Waals surface area contributed by atoms with Crippen LogP contribution in [0.5, 0.6) is 0 Å². The minimum atomic E-state index is -3.43. The second-order valence-corrected chi connectivity index (χ2v) is 10.1. The number of fused-ring (bicyclic) bond motifs is 1. The van der Waals surface area contributed by atoms with Gasteiger partial charge in [0.05, 0.1) is 37.2 Å². The minimum Gasteiger partial charge on any atom is -0.477 e. The van der Waals surface area contributed by atoms with Gasteiger partial charge in [-0.2, -0.15) is 0 Å². The molecule has 0 aromatic rings. The molecule has 0 spiro atoms. The van der Waals surface area contributed by atoms with Crippen molar-refractivity contribution in [3.63, 3.8) is 0 Å². The fourth-order valence-electron chi connectivity index (χ4n) is 3.72. The van der Waals surface area contributed by atoms with Crippen molar-refractivity contribution in [2.24, 2.45) is 16.8 Å². The summed E-state index contributed by atoms with van der Waals surface area (Å²) >= 11 is 1.26. The molecule has 0 radical (unpaired) electrons. The summed E-state index contributed by atoms with van der Waals surface area (Å²) in [4.78, 5) is 29.9. The van der Waals surface area contributed by atoms with Crippen molar-refractivity contribution in [3.05, 3.63) is 10.6 Å². The first kappa shape index (κ1) is 19.2. The van der Waals surface area contributed by atoms with E-state index < -0.39 is 28.0 Å². The number of aliphatic hydroxyl groups is 1. The second-order valence-electron chi connectivity index (χ2n) is 6.83. The third-order valence-corrected chi connectivity index (χ3v) is 7.48. The number of aliphatic imine (C=N–C) groups is 1. The van der Waals surface area contributed by atoms with Gasteiger partial charge in [-0.3, -0.25) is 14.1 Å². The number of carbonyl (C=O) groups is 2. The van der Waals surface area contributed by atoms with Crippen molar-refractivity contribution >= 4 is 40.0 Å². The first-order chi connectivity index (χ1) is 12.0. The molecule has 5 atom stereocenters. The minimum absolute atomic E-state index is 0.0603. The largest absolute Gasteiger partial charge is 0.477 e. The van der Waals surface area contributed by atoms with E-state index >= 15 is 0 Å². The summed E-state index contributed by atoms with van der Waals surface area (Å²) in [6.07, 6.45) is 1.51. The number of carbonyl (C=O) groups excluding carboxylic acids is 1. The molecule has 1 unspecified atom stereocenters. The van der Waals surface area contributed by atoms with Crippen molar-refractivity contribution in [1.29, 1.82) is 0 Å². The van der Waals surface area contributed by atoms with E-state index in [9.17, 15) is 28.2 Å². The van der Waals surface area contributed by atoms with E-state index in [0.29, 0.717) is 11.4 Å². The number of sulfonamides is 1. The monoisotopic (exact) mass is 403 g/mol. The van der Waals surface area contributed by atoms with Gasteiger partial charge in [0.1, 0.15) is 5.70 Å². The number of aliphatic carboxylic acids is 1. The number of rotatable bonds is 5. The van der Waals surface area contributed by atoms with Gasteiger partial charge < -0.3 is 15.1 Å². The molecule has 9 nitrogen and oxygen atoms in total. The highest BCUT2D eigenvalue weighted by atomic mass is 32.2. The molecule has 1 fully saturated rings. The molecule has 0 aromatic carbocycles. The van der Waals surface area contributed by atoms with E-state index in [-0.39, 0.29) is 35.4 Å². The molecule has 3 aliphatic rings. The highest BCUT2D eigenvalue weighted by Gasteiger charge is 2.60. The van der Waals surface area contributed by atoms with Crippen LogP contribution >= 0.6 is 11.8 Å². The van der Waals surface area contributed by atoms with Crippen LogP contribution in [-0.2, 0) is 19.6 Å². The van der Waals surface area contributed by atoms with Gasteiger partial charge in [-0.1, -0.05) is 6.92 Å². The van der Waals surface area contributed by atoms with Crippen LogP contribution in [0.3, 0.4) is 0 Å². The van der Waals surface area contributed by atoms with E-state index in [0.717, 1.165) is 10.6 Å². The van der Waals surface area contributed by atoms with Gasteiger partial charge in [0.2, 0.25) is 15.9 Å². The summed E-state index contributed by atoms with van der Waals surface area (Å²) in [5, 5.41) is 19.2. The smallest absolute Gasteiger partial charge is 0.353 e. The third-order valence-electron chi connectivity index (χ3n) is 4.93. The van der Waals surface area contributed by atoms with E-state index in [1.54, 1.807) is 0 Å². The fourth-order valence-corrected chi connectivity index (χ4v) is 5.90. The van der Waals surface area contributed by atoms with Crippen LogP contribution in [0.1, 0.15) is 13.8 Å². The number of hydrogen-bond donors (Lipinski definition) is 2. The molecule has 3 heterocycles. The zero-order chi connectivity index (χ0) is 19.4. The Balaban J connectivity index is 1.86. The molecular weight excluding hydrogens is 382 g/mol. The summed E-state index contributed by atoms with van der Waals surface area (Å²) in [7, 11) is -3.43. The van der Waals surface area contributed by atoms with E-state index in [1.165, 1.54) is 29.9 Å². The molecule has 0 saturated carbocycles. The lowest BCUT2D eigenvalue weighted by Gasteiger charge is -2.46. The molecule has 0 bridgehead atoms. The van der Waals surface area contributed by atoms with Gasteiger partial charge in [-0.05, 0) is 6.92 Å². The Kier molecular flexibility index (Phi) is 4.82. The Labute approximate surface area is 155 Å². The van der Waals surface area contributed by atoms with E-state index in [4.69, 9.17) is 0 Å². The Hall–Kier alpha value is -1.59. The highest BCUT2D eigenvalue weighted by molar-refractivity contribution is 8.03. The van der Waals surface area contributed by atoms with Crippen molar-refractivity contribution in [1.82, 2.24) is 9.21 Å². The van der Waals surface area contributed by atoms with Crippen LogP contribution < -0.4 is 0 Å². The highest BCUT2D eigenvalue weighted by Crippen LogP contribution is 2.51. The zero-order valence-corrected chi connectivity index (χ0v) is 16.2. The molecule has 1 saturated heterocycles. The molecule has 0 aromatic heterocycles. The maximum atomic E-state index is 12.3. The first-order valence-electron chi connectivity index (χ1n) is 8.16. The molecule has 3 rings (SSSR count). The quantitative estimate of drug-likeness (QED) is 0.595. The van der Waals surface area contributed by atoms with Crippen LogP contribution in [0, 0.1) is 11.8 Å². The van der Waals surface area contributed by atoms with E-state index in [1.807, 2.05) is 6.92 Å². The first-order valence-corrected chi connectivity index (χ1v) is 10.9. The van der Waals surface area contributed by atoms with Gasteiger partial charge in [0.25, 0.3) is 0 Å². The SMILES string of the molecule is C[C@@H](O)[C@H]1C(=O)N2C(C(=O)O)=C(SC3CN=CN(S(C)(=O)=O)C3)[C@H](C)[C@H]12. The van der Waals surface area contributed by atoms with Crippen molar-refractivity contribution < 1.29 is 28.2 Å². The lowest BCUT2D eigenvalue weighted by Crippen LogP contribution is -2.63. The van der Waals surface area contributed by atoms with Gasteiger partial charge >= 0.3 is 5.97 Å². The number of nitrogens with zero attached hydrogens (tertiary/aromatic N) is 3. The van der Waals surface area contributed by atoms with Crippen molar-refractivity contribution in [2.45, 2.75) is 31.2 Å². The number of β-lactam (4-membered cyclic amide) rings is 1. The summed E-state index contributed by atoms with van der Waals surface area (Å²) < 4.78 is 24.6. The fraction of sp³-hybridized carbons (Fsp3) is 0.667. The molecule has 26 heavy (non-hydrogen) atoms. The summed E-state index contributed by atoms with van der Waals surface area (Å²) in [6, 6.07) is -0.380. The van der Waals surface area contributed by atoms with Crippen molar-refractivity contribution in [3.8, 4) is 0 Å². The standard InChI is InChI=1S/C15H21N3O6S2/c1-7-11-10(8(2)19)14(20)18(11)12(15(21)22)13(7)25-9-4-16-6-17(5-9)26(3,23)24/h6-11,19H,4-5H2,1-3H3,(H,21,22)/t7-,8-,9?,10-,11-/m1/s1. The zero-order valence-electron chi connectivity index (χ0n) is 14.6. The molecule has 3 aliphatic heterocycles.